The maximum absolute atomic E-state index is 13.4. The predicted molar refractivity (Wildman–Crippen MR) is 68.3 cm³/mol. The molecule has 1 aromatic carbocycles. The van der Waals surface area contributed by atoms with Crippen molar-refractivity contribution >= 4 is 22.7 Å². The van der Waals surface area contributed by atoms with Gasteiger partial charge in [0.05, 0.1) is 5.69 Å². The van der Waals surface area contributed by atoms with Crippen molar-refractivity contribution in [3.63, 3.8) is 0 Å². The van der Waals surface area contributed by atoms with Crippen LogP contribution in [-0.4, -0.2) is 10.9 Å². The smallest absolute Gasteiger partial charge is 0.291 e. The minimum Gasteiger partial charge on any atom is -0.449 e. The fraction of sp³-hybridized carbons (Fsp3) is 0. The van der Waals surface area contributed by atoms with Crippen molar-refractivity contribution in [3.05, 3.63) is 60.0 Å². The van der Waals surface area contributed by atoms with Crippen LogP contribution in [-0.2, 0) is 0 Å². The molecule has 0 bridgehead atoms. The molecule has 2 aromatic heterocycles. The molecule has 0 spiro atoms. The largest absolute Gasteiger partial charge is 0.449 e. The first-order valence-corrected chi connectivity index (χ1v) is 5.74. The molecule has 2 heterocycles. The minimum atomic E-state index is -0.728. The Labute approximate surface area is 112 Å². The van der Waals surface area contributed by atoms with Crippen LogP contribution in [0.1, 0.15) is 10.6 Å². The molecule has 6 heteroatoms. The van der Waals surface area contributed by atoms with E-state index in [2.05, 4.69) is 10.3 Å². The number of anilines is 1. The number of carbonyl (C=O) groups is 1. The van der Waals surface area contributed by atoms with Gasteiger partial charge in [-0.1, -0.05) is 0 Å². The number of carbonyl (C=O) groups excluding carboxylic acids is 1. The summed E-state index contributed by atoms with van der Waals surface area (Å²) in [6, 6.07) is 7.55. The number of nitrogens with zero attached hydrogens (tertiary/aromatic N) is 1. The van der Waals surface area contributed by atoms with Gasteiger partial charge in [0.15, 0.2) is 11.3 Å². The minimum absolute atomic E-state index is 0.0256. The molecule has 0 aliphatic heterocycles. The van der Waals surface area contributed by atoms with E-state index >= 15 is 0 Å². The van der Waals surface area contributed by atoms with E-state index in [1.807, 2.05) is 0 Å². The lowest BCUT2D eigenvalue weighted by Gasteiger charge is -2.04. The van der Waals surface area contributed by atoms with Gasteiger partial charge in [-0.15, -0.1) is 0 Å². The van der Waals surface area contributed by atoms with Crippen LogP contribution >= 0.6 is 0 Å². The van der Waals surface area contributed by atoms with E-state index in [0.29, 0.717) is 11.1 Å². The third-order valence-electron chi connectivity index (χ3n) is 2.69. The summed E-state index contributed by atoms with van der Waals surface area (Å²) in [7, 11) is 0. The molecular formula is C14H8F2N2O2. The Morgan fingerprint density at radius 3 is 2.85 bits per heavy atom. The molecule has 1 amide bonds. The summed E-state index contributed by atoms with van der Waals surface area (Å²) in [5, 5.41) is 2.25. The number of furan rings is 1. The monoisotopic (exact) mass is 274 g/mol. The molecule has 0 aliphatic rings. The molecule has 0 unspecified atom stereocenters. The van der Waals surface area contributed by atoms with Gasteiger partial charge in [0.1, 0.15) is 17.2 Å². The van der Waals surface area contributed by atoms with E-state index < -0.39 is 17.5 Å². The topological polar surface area (TPSA) is 55.1 Å². The van der Waals surface area contributed by atoms with E-state index in [0.717, 1.165) is 18.2 Å². The second-order valence-electron chi connectivity index (χ2n) is 4.08. The van der Waals surface area contributed by atoms with E-state index in [9.17, 15) is 13.6 Å². The zero-order valence-electron chi connectivity index (χ0n) is 10.1. The van der Waals surface area contributed by atoms with Gasteiger partial charge in [0, 0.05) is 18.3 Å². The Bertz CT molecular complexity index is 766. The zero-order valence-corrected chi connectivity index (χ0v) is 10.1. The Morgan fingerprint density at radius 1 is 1.20 bits per heavy atom. The molecule has 4 nitrogen and oxygen atoms in total. The zero-order chi connectivity index (χ0) is 14.1. The highest BCUT2D eigenvalue weighted by atomic mass is 19.1. The van der Waals surface area contributed by atoms with Crippen molar-refractivity contribution in [1.82, 2.24) is 4.98 Å². The fourth-order valence-electron chi connectivity index (χ4n) is 1.76. The number of hydrogen-bond donors (Lipinski definition) is 1. The number of fused-ring (bicyclic) bond motifs is 1. The predicted octanol–water partition coefficient (Wildman–Crippen LogP) is 3.36. The highest BCUT2D eigenvalue weighted by Gasteiger charge is 2.15. The van der Waals surface area contributed by atoms with Crippen LogP contribution in [0, 0.1) is 11.6 Å². The SMILES string of the molecule is O=C(Nc1cc(F)ccc1F)c1cc2ncccc2o1. The molecule has 0 aliphatic carbocycles. The van der Waals surface area contributed by atoms with Gasteiger partial charge < -0.3 is 9.73 Å². The summed E-state index contributed by atoms with van der Waals surface area (Å²) in [6.07, 6.45) is 1.56. The number of halogens is 2. The lowest BCUT2D eigenvalue weighted by atomic mass is 10.3. The summed E-state index contributed by atoms with van der Waals surface area (Å²) >= 11 is 0. The Morgan fingerprint density at radius 2 is 2.05 bits per heavy atom. The average molecular weight is 274 g/mol. The van der Waals surface area contributed by atoms with Gasteiger partial charge in [0.2, 0.25) is 0 Å². The summed E-state index contributed by atoms with van der Waals surface area (Å²) in [5.74, 6) is -2.07. The van der Waals surface area contributed by atoms with Crippen molar-refractivity contribution < 1.29 is 18.0 Å². The molecule has 1 N–H and O–H groups in total. The van der Waals surface area contributed by atoms with Crippen LogP contribution < -0.4 is 5.32 Å². The highest BCUT2D eigenvalue weighted by Crippen LogP contribution is 2.20. The molecule has 100 valence electrons. The van der Waals surface area contributed by atoms with Gasteiger partial charge in [-0.05, 0) is 24.3 Å². The van der Waals surface area contributed by atoms with E-state index in [1.54, 1.807) is 18.3 Å². The third kappa shape index (κ3) is 2.23. The van der Waals surface area contributed by atoms with Gasteiger partial charge in [0.25, 0.3) is 5.91 Å². The van der Waals surface area contributed by atoms with Crippen molar-refractivity contribution in [2.75, 3.05) is 5.32 Å². The van der Waals surface area contributed by atoms with Crippen LogP contribution in [0.3, 0.4) is 0 Å². The maximum atomic E-state index is 13.4. The molecule has 0 fully saturated rings. The highest BCUT2D eigenvalue weighted by molar-refractivity contribution is 6.04. The summed E-state index contributed by atoms with van der Waals surface area (Å²) in [6.45, 7) is 0. The van der Waals surface area contributed by atoms with Crippen molar-refractivity contribution in [2.45, 2.75) is 0 Å². The fourth-order valence-corrected chi connectivity index (χ4v) is 1.76. The first-order chi connectivity index (χ1) is 9.63. The molecule has 20 heavy (non-hydrogen) atoms. The van der Waals surface area contributed by atoms with Crippen molar-refractivity contribution in [3.8, 4) is 0 Å². The van der Waals surface area contributed by atoms with Gasteiger partial charge in [-0.3, -0.25) is 9.78 Å². The maximum Gasteiger partial charge on any atom is 0.291 e. The molecular weight excluding hydrogens is 266 g/mol. The number of aromatic nitrogens is 1. The summed E-state index contributed by atoms with van der Waals surface area (Å²) in [5.41, 5.74) is 0.707. The summed E-state index contributed by atoms with van der Waals surface area (Å²) < 4.78 is 31.7. The third-order valence-corrected chi connectivity index (χ3v) is 2.69. The van der Waals surface area contributed by atoms with Gasteiger partial charge in [-0.25, -0.2) is 8.78 Å². The summed E-state index contributed by atoms with van der Waals surface area (Å²) in [4.78, 5) is 15.9. The number of rotatable bonds is 2. The average Bonchev–Trinajstić information content (AvgIpc) is 2.87. The standard InChI is InChI=1S/C14H8F2N2O2/c15-8-3-4-9(16)10(6-8)18-14(19)13-7-11-12(20-13)2-1-5-17-11/h1-7H,(H,18,19). The Kier molecular flexibility index (Phi) is 2.90. The molecule has 0 radical (unpaired) electrons. The second-order valence-corrected chi connectivity index (χ2v) is 4.08. The van der Waals surface area contributed by atoms with E-state index in [-0.39, 0.29) is 11.4 Å². The lowest BCUT2D eigenvalue weighted by Crippen LogP contribution is -2.12. The van der Waals surface area contributed by atoms with Crippen LogP contribution in [0.4, 0.5) is 14.5 Å². The van der Waals surface area contributed by atoms with Crippen LogP contribution in [0.2, 0.25) is 0 Å². The van der Waals surface area contributed by atoms with E-state index in [4.69, 9.17) is 4.42 Å². The molecule has 0 saturated heterocycles. The van der Waals surface area contributed by atoms with Crippen molar-refractivity contribution in [2.24, 2.45) is 0 Å². The molecule has 3 aromatic rings. The second kappa shape index (κ2) is 4.73. The van der Waals surface area contributed by atoms with Crippen LogP contribution in [0.25, 0.3) is 11.1 Å². The van der Waals surface area contributed by atoms with Gasteiger partial charge >= 0.3 is 0 Å². The first-order valence-electron chi connectivity index (χ1n) is 5.74. The Hall–Kier alpha value is -2.76. The number of amides is 1. The van der Waals surface area contributed by atoms with Crippen LogP contribution in [0.5, 0.6) is 0 Å². The number of benzene rings is 1. The molecule has 3 rings (SSSR count). The Balaban J connectivity index is 1.90. The van der Waals surface area contributed by atoms with Gasteiger partial charge in [-0.2, -0.15) is 0 Å². The number of pyridine rings is 1. The number of hydrogen-bond acceptors (Lipinski definition) is 3. The lowest BCUT2D eigenvalue weighted by molar-refractivity contribution is 0.0998. The van der Waals surface area contributed by atoms with Crippen LogP contribution in [0.15, 0.2) is 47.0 Å². The van der Waals surface area contributed by atoms with Crippen molar-refractivity contribution in [1.29, 1.82) is 0 Å². The molecule has 0 atom stereocenters. The van der Waals surface area contributed by atoms with E-state index in [1.165, 1.54) is 6.07 Å². The number of nitrogens with one attached hydrogen (secondary N) is 1. The molecule has 0 saturated carbocycles. The quantitative estimate of drug-likeness (QED) is 0.779. The first kappa shape index (κ1) is 12.3. The normalized spacial score (nSPS) is 10.7.